The Bertz CT molecular complexity index is 581. The number of rotatable bonds is 5. The van der Waals surface area contributed by atoms with Gasteiger partial charge in [-0.3, -0.25) is 0 Å². The van der Waals surface area contributed by atoms with Crippen LogP contribution in [-0.2, 0) is 13.1 Å². The molecule has 2 aliphatic rings. The minimum absolute atomic E-state index is 0. The summed E-state index contributed by atoms with van der Waals surface area (Å²) in [6.45, 7) is 7.18. The molecule has 1 saturated heterocycles. The number of nitrogens with one attached hydrogen (secondary N) is 1. The Morgan fingerprint density at radius 3 is 2.60 bits per heavy atom. The maximum atomic E-state index is 4.93. The molecule has 1 aromatic rings. The van der Waals surface area contributed by atoms with Crippen LogP contribution >= 0.6 is 24.0 Å². The van der Waals surface area contributed by atoms with Crippen LogP contribution in [0.25, 0.3) is 0 Å². The van der Waals surface area contributed by atoms with Crippen molar-refractivity contribution in [3.8, 4) is 0 Å². The summed E-state index contributed by atoms with van der Waals surface area (Å²) in [6.07, 6.45) is 5.58. The predicted molar refractivity (Wildman–Crippen MR) is 117 cm³/mol. The molecule has 1 aliphatic heterocycles. The predicted octanol–water partition coefficient (Wildman–Crippen LogP) is 3.71. The lowest BCUT2D eigenvalue weighted by Gasteiger charge is -2.38. The van der Waals surface area contributed by atoms with Gasteiger partial charge < -0.3 is 15.1 Å². The molecule has 1 spiro atoms. The number of likely N-dealkylation sites (tertiary alicyclic amines) is 1. The Balaban J connectivity index is 0.00000225. The Hall–Kier alpha value is -0.820. The van der Waals surface area contributed by atoms with Crippen molar-refractivity contribution in [2.24, 2.45) is 10.4 Å². The van der Waals surface area contributed by atoms with Gasteiger partial charge in [-0.05, 0) is 56.8 Å². The summed E-state index contributed by atoms with van der Waals surface area (Å²) in [6, 6.07) is 8.81. The molecule has 0 unspecified atom stereocenters. The van der Waals surface area contributed by atoms with E-state index in [4.69, 9.17) is 4.99 Å². The molecule has 0 aromatic heterocycles. The molecule has 1 aromatic carbocycles. The van der Waals surface area contributed by atoms with Crippen LogP contribution in [0.1, 0.15) is 43.7 Å². The average molecular weight is 456 g/mol. The fourth-order valence-electron chi connectivity index (χ4n) is 3.98. The summed E-state index contributed by atoms with van der Waals surface area (Å²) in [5, 5.41) is 3.50. The van der Waals surface area contributed by atoms with Gasteiger partial charge in [0.1, 0.15) is 0 Å². The number of benzene rings is 1. The van der Waals surface area contributed by atoms with Gasteiger partial charge in [-0.2, -0.15) is 0 Å². The summed E-state index contributed by atoms with van der Waals surface area (Å²) in [7, 11) is 4.22. The minimum Gasteiger partial charge on any atom is -0.357 e. The first-order valence-electron chi connectivity index (χ1n) is 9.36. The molecule has 2 fully saturated rings. The van der Waals surface area contributed by atoms with E-state index in [1.165, 1.54) is 43.4 Å². The van der Waals surface area contributed by atoms with E-state index >= 15 is 0 Å². The summed E-state index contributed by atoms with van der Waals surface area (Å²) in [5.41, 5.74) is 3.26. The highest BCUT2D eigenvalue weighted by Gasteiger charge is 2.43. The van der Waals surface area contributed by atoms with E-state index in [2.05, 4.69) is 60.4 Å². The largest absolute Gasteiger partial charge is 0.357 e. The lowest BCUT2D eigenvalue weighted by atomic mass is 9.68. The van der Waals surface area contributed by atoms with E-state index in [9.17, 15) is 0 Å². The van der Waals surface area contributed by atoms with Crippen LogP contribution in [0.5, 0.6) is 0 Å². The summed E-state index contributed by atoms with van der Waals surface area (Å²) >= 11 is 0. The maximum Gasteiger partial charge on any atom is 0.194 e. The van der Waals surface area contributed by atoms with Crippen molar-refractivity contribution >= 4 is 29.9 Å². The second kappa shape index (κ2) is 9.21. The van der Waals surface area contributed by atoms with E-state index < -0.39 is 0 Å². The molecule has 140 valence electrons. The fourth-order valence-corrected chi connectivity index (χ4v) is 3.98. The van der Waals surface area contributed by atoms with Crippen LogP contribution in [0.2, 0.25) is 0 Å². The summed E-state index contributed by atoms with van der Waals surface area (Å²) < 4.78 is 0. The first-order chi connectivity index (χ1) is 11.6. The molecule has 0 radical (unpaired) electrons. The Labute approximate surface area is 170 Å². The third-order valence-corrected chi connectivity index (χ3v) is 5.39. The normalized spacial score (nSPS) is 19.0. The van der Waals surface area contributed by atoms with E-state index in [0.29, 0.717) is 5.41 Å². The second-order valence-electron chi connectivity index (χ2n) is 7.75. The van der Waals surface area contributed by atoms with Crippen LogP contribution < -0.4 is 5.32 Å². The molecule has 25 heavy (non-hydrogen) atoms. The monoisotopic (exact) mass is 456 g/mol. The molecule has 1 saturated carbocycles. The number of nitrogens with zero attached hydrogens (tertiary/aromatic N) is 3. The fraction of sp³-hybridized carbons (Fsp3) is 0.650. The van der Waals surface area contributed by atoms with Crippen LogP contribution in [0.4, 0.5) is 0 Å². The highest BCUT2D eigenvalue weighted by molar-refractivity contribution is 14.0. The number of hydrogen-bond acceptors (Lipinski definition) is 2. The molecule has 1 heterocycles. The topological polar surface area (TPSA) is 30.9 Å². The van der Waals surface area contributed by atoms with Crippen LogP contribution in [-0.4, -0.2) is 49.5 Å². The van der Waals surface area contributed by atoms with Crippen molar-refractivity contribution in [3.63, 3.8) is 0 Å². The van der Waals surface area contributed by atoms with Crippen molar-refractivity contribution in [1.29, 1.82) is 0 Å². The first-order valence-corrected chi connectivity index (χ1v) is 9.36. The Morgan fingerprint density at radius 2 is 2.00 bits per heavy atom. The molecule has 0 bridgehead atoms. The van der Waals surface area contributed by atoms with Crippen molar-refractivity contribution in [2.45, 2.75) is 45.7 Å². The van der Waals surface area contributed by atoms with Crippen molar-refractivity contribution in [2.75, 3.05) is 33.7 Å². The van der Waals surface area contributed by atoms with Crippen molar-refractivity contribution in [3.05, 3.63) is 35.4 Å². The number of halogens is 1. The number of aliphatic imine (C=N–C) groups is 1. The Morgan fingerprint density at radius 1 is 1.24 bits per heavy atom. The maximum absolute atomic E-state index is 4.93. The molecule has 1 N–H and O–H groups in total. The number of hydrogen-bond donors (Lipinski definition) is 1. The van der Waals surface area contributed by atoms with Crippen LogP contribution in [0.3, 0.4) is 0 Å². The van der Waals surface area contributed by atoms with Gasteiger partial charge in [0, 0.05) is 26.2 Å². The van der Waals surface area contributed by atoms with Crippen LogP contribution in [0.15, 0.2) is 29.3 Å². The van der Waals surface area contributed by atoms with E-state index in [1.807, 2.05) is 0 Å². The summed E-state index contributed by atoms with van der Waals surface area (Å²) in [4.78, 5) is 9.61. The third-order valence-electron chi connectivity index (χ3n) is 5.39. The molecule has 1 aliphatic carbocycles. The molecule has 0 amide bonds. The lowest BCUT2D eigenvalue weighted by molar-refractivity contribution is 0.151. The van der Waals surface area contributed by atoms with Gasteiger partial charge in [0.15, 0.2) is 5.96 Å². The first kappa shape index (κ1) is 20.5. The van der Waals surface area contributed by atoms with E-state index in [0.717, 1.165) is 32.1 Å². The quantitative estimate of drug-likeness (QED) is 0.417. The molecule has 4 nitrogen and oxygen atoms in total. The van der Waals surface area contributed by atoms with E-state index in [1.54, 1.807) is 0 Å². The zero-order chi connectivity index (χ0) is 17.0. The molecular weight excluding hydrogens is 423 g/mol. The molecule has 5 heteroatoms. The Kier molecular flexibility index (Phi) is 7.55. The second-order valence-corrected chi connectivity index (χ2v) is 7.75. The van der Waals surface area contributed by atoms with Crippen LogP contribution in [0, 0.1) is 5.41 Å². The number of guanidine groups is 1. The van der Waals surface area contributed by atoms with Gasteiger partial charge in [0.2, 0.25) is 0 Å². The zero-order valence-electron chi connectivity index (χ0n) is 15.9. The highest BCUT2D eigenvalue weighted by atomic mass is 127. The SMILES string of the molecule is CCNC(=NCc1cccc(CN(C)C)c1)N1CCC2(CCC2)C1.I. The average Bonchev–Trinajstić information content (AvgIpc) is 2.97. The van der Waals surface area contributed by atoms with Gasteiger partial charge in [-0.25, -0.2) is 4.99 Å². The third kappa shape index (κ3) is 5.33. The van der Waals surface area contributed by atoms with E-state index in [-0.39, 0.29) is 24.0 Å². The zero-order valence-corrected chi connectivity index (χ0v) is 18.3. The van der Waals surface area contributed by atoms with Gasteiger partial charge in [-0.1, -0.05) is 30.7 Å². The smallest absolute Gasteiger partial charge is 0.194 e. The molecular formula is C20H33IN4. The standard InChI is InChI=1S/C20H32N4.HI/c1-4-21-19(24-12-11-20(16-24)9-6-10-20)22-14-17-7-5-8-18(13-17)15-23(2)3;/h5,7-8,13H,4,6,9-12,14-16H2,1-3H3,(H,21,22);1H. The lowest BCUT2D eigenvalue weighted by Crippen LogP contribution is -2.42. The van der Waals surface area contributed by atoms with Gasteiger partial charge in [0.05, 0.1) is 6.54 Å². The van der Waals surface area contributed by atoms with Gasteiger partial charge in [0.25, 0.3) is 0 Å². The summed E-state index contributed by atoms with van der Waals surface area (Å²) in [5.74, 6) is 1.10. The molecule has 0 atom stereocenters. The minimum atomic E-state index is 0. The van der Waals surface area contributed by atoms with Gasteiger partial charge >= 0.3 is 0 Å². The highest BCUT2D eigenvalue weighted by Crippen LogP contribution is 2.47. The molecule has 3 rings (SSSR count). The van der Waals surface area contributed by atoms with Crippen molar-refractivity contribution < 1.29 is 0 Å². The van der Waals surface area contributed by atoms with Crippen molar-refractivity contribution in [1.82, 2.24) is 15.1 Å². The van der Waals surface area contributed by atoms with Gasteiger partial charge in [-0.15, -0.1) is 24.0 Å².